The maximum absolute atomic E-state index is 13.3. The number of piperidine rings is 1. The molecule has 4 nitrogen and oxygen atoms in total. The second-order valence-corrected chi connectivity index (χ2v) is 9.08. The molecular formula is C25H33NO3. The molecule has 4 rings (SSSR count). The molecule has 1 saturated carbocycles. The van der Waals surface area contributed by atoms with Crippen LogP contribution in [0.5, 0.6) is 0 Å². The largest absolute Gasteiger partial charge is 0.497 e. The van der Waals surface area contributed by atoms with Crippen molar-refractivity contribution >= 4 is 5.78 Å². The second kappa shape index (κ2) is 8.35. The quantitative estimate of drug-likeness (QED) is 0.699. The molecule has 2 aliphatic carbocycles. The van der Waals surface area contributed by atoms with Gasteiger partial charge in [0.15, 0.2) is 5.76 Å². The monoisotopic (exact) mass is 395 g/mol. The van der Waals surface area contributed by atoms with E-state index in [0.717, 1.165) is 44.0 Å². The number of nitrogens with zero attached hydrogens (tertiary/aromatic N) is 1. The number of likely N-dealkylation sites (tertiary alicyclic amines) is 1. The average molecular weight is 396 g/mol. The summed E-state index contributed by atoms with van der Waals surface area (Å²) >= 11 is 0. The van der Waals surface area contributed by atoms with Crippen molar-refractivity contribution in [3.05, 3.63) is 59.1 Å². The van der Waals surface area contributed by atoms with Gasteiger partial charge in [-0.1, -0.05) is 35.9 Å². The first kappa shape index (κ1) is 20.2. The summed E-state index contributed by atoms with van der Waals surface area (Å²) in [7, 11) is 3.34. The Balaban J connectivity index is 1.34. The molecule has 1 aromatic carbocycles. The summed E-state index contributed by atoms with van der Waals surface area (Å²) in [5.74, 6) is 2.77. The number of carbonyl (C=O) groups excluding carboxylic acids is 1. The molecule has 1 aliphatic heterocycles. The van der Waals surface area contributed by atoms with Gasteiger partial charge in [0.25, 0.3) is 0 Å². The average Bonchev–Trinajstić information content (AvgIpc) is 2.98. The molecule has 0 aromatic heterocycles. The molecule has 2 atom stereocenters. The van der Waals surface area contributed by atoms with Gasteiger partial charge in [-0.3, -0.25) is 9.69 Å². The molecule has 29 heavy (non-hydrogen) atoms. The fourth-order valence-electron chi connectivity index (χ4n) is 5.42. The third-order valence-electron chi connectivity index (χ3n) is 7.22. The second-order valence-electron chi connectivity index (χ2n) is 9.08. The van der Waals surface area contributed by atoms with Crippen molar-refractivity contribution in [3.8, 4) is 0 Å². The fourth-order valence-corrected chi connectivity index (χ4v) is 5.42. The minimum Gasteiger partial charge on any atom is -0.497 e. The van der Waals surface area contributed by atoms with Crippen LogP contribution in [0.3, 0.4) is 0 Å². The summed E-state index contributed by atoms with van der Waals surface area (Å²) < 4.78 is 11.0. The van der Waals surface area contributed by atoms with E-state index in [1.54, 1.807) is 14.2 Å². The van der Waals surface area contributed by atoms with E-state index in [4.69, 9.17) is 9.47 Å². The lowest BCUT2D eigenvalue weighted by molar-refractivity contribution is -0.128. The van der Waals surface area contributed by atoms with E-state index in [1.807, 2.05) is 0 Å². The molecule has 0 spiro atoms. The van der Waals surface area contributed by atoms with Gasteiger partial charge in [-0.15, -0.1) is 0 Å². The number of fused-ring (bicyclic) bond motifs is 1. The van der Waals surface area contributed by atoms with Crippen molar-refractivity contribution in [2.24, 2.45) is 17.3 Å². The van der Waals surface area contributed by atoms with Gasteiger partial charge in [0, 0.05) is 18.9 Å². The molecule has 2 unspecified atom stereocenters. The van der Waals surface area contributed by atoms with E-state index in [0.29, 0.717) is 18.1 Å². The molecule has 1 saturated heterocycles. The predicted molar refractivity (Wildman–Crippen MR) is 114 cm³/mol. The highest BCUT2D eigenvalue weighted by atomic mass is 16.5. The van der Waals surface area contributed by atoms with Crippen LogP contribution in [-0.4, -0.2) is 38.0 Å². The number of methoxy groups -OCH3 is 2. The van der Waals surface area contributed by atoms with Crippen molar-refractivity contribution in [3.63, 3.8) is 0 Å². The number of hydrogen-bond acceptors (Lipinski definition) is 4. The number of allylic oxidation sites excluding steroid dienone is 3. The minimum absolute atomic E-state index is 0.145. The van der Waals surface area contributed by atoms with E-state index in [9.17, 15) is 4.79 Å². The molecular weight excluding hydrogens is 362 g/mol. The van der Waals surface area contributed by atoms with Gasteiger partial charge in [0.1, 0.15) is 11.5 Å². The van der Waals surface area contributed by atoms with Crippen molar-refractivity contribution in [2.45, 2.75) is 45.6 Å². The van der Waals surface area contributed by atoms with Gasteiger partial charge in [0.05, 0.1) is 19.6 Å². The molecule has 0 amide bonds. The van der Waals surface area contributed by atoms with Crippen LogP contribution in [0.25, 0.3) is 0 Å². The van der Waals surface area contributed by atoms with Crippen LogP contribution in [0.2, 0.25) is 0 Å². The molecule has 0 bridgehead atoms. The Labute approximate surface area is 174 Å². The molecule has 4 heteroatoms. The van der Waals surface area contributed by atoms with Crippen molar-refractivity contribution in [2.75, 3.05) is 27.3 Å². The molecule has 1 heterocycles. The summed E-state index contributed by atoms with van der Waals surface area (Å²) in [6, 6.07) is 10.7. The van der Waals surface area contributed by atoms with Gasteiger partial charge in [-0.05, 0) is 63.3 Å². The smallest absolute Gasteiger partial charge is 0.156 e. The Hall–Kier alpha value is -2.07. The lowest BCUT2D eigenvalue weighted by Gasteiger charge is -2.33. The molecule has 156 valence electrons. The zero-order valence-electron chi connectivity index (χ0n) is 17.9. The third-order valence-corrected chi connectivity index (χ3v) is 7.22. The summed E-state index contributed by atoms with van der Waals surface area (Å²) in [6.45, 7) is 5.38. The lowest BCUT2D eigenvalue weighted by atomic mass is 9.75. The van der Waals surface area contributed by atoms with Crippen molar-refractivity contribution in [1.29, 1.82) is 0 Å². The maximum Gasteiger partial charge on any atom is 0.156 e. The minimum atomic E-state index is -0.411. The summed E-state index contributed by atoms with van der Waals surface area (Å²) in [4.78, 5) is 15.9. The number of Topliss-reactive ketones (excluding diaryl/α,β-unsaturated/α-hetero) is 1. The maximum atomic E-state index is 13.3. The van der Waals surface area contributed by atoms with Gasteiger partial charge < -0.3 is 9.47 Å². The van der Waals surface area contributed by atoms with E-state index < -0.39 is 5.41 Å². The Kier molecular flexibility index (Phi) is 5.82. The summed E-state index contributed by atoms with van der Waals surface area (Å²) in [5, 5.41) is 0. The standard InChI is InChI=1S/C25H33NO3/c1-25-16-23(29-3)22(28-2)15-21(25)14-20(24(25)27)13-18-9-11-26(12-10-18)17-19-7-5-4-6-8-19/h4-8,15,18,20H,9-14,16-17H2,1-3H3. The Morgan fingerprint density at radius 2 is 1.83 bits per heavy atom. The van der Waals surface area contributed by atoms with E-state index >= 15 is 0 Å². The first-order valence-corrected chi connectivity index (χ1v) is 10.9. The highest BCUT2D eigenvalue weighted by Gasteiger charge is 2.50. The Morgan fingerprint density at radius 1 is 1.10 bits per heavy atom. The Bertz CT molecular complexity index is 805. The topological polar surface area (TPSA) is 38.8 Å². The first-order chi connectivity index (χ1) is 14.0. The van der Waals surface area contributed by atoms with E-state index in [1.165, 1.54) is 24.0 Å². The number of hydrogen-bond donors (Lipinski definition) is 0. The number of carbonyl (C=O) groups is 1. The van der Waals surface area contributed by atoms with Crippen LogP contribution in [0, 0.1) is 17.3 Å². The number of ether oxygens (including phenoxy) is 2. The first-order valence-electron chi connectivity index (χ1n) is 10.9. The highest BCUT2D eigenvalue weighted by Crippen LogP contribution is 2.52. The fraction of sp³-hybridized carbons (Fsp3) is 0.560. The van der Waals surface area contributed by atoms with Crippen LogP contribution >= 0.6 is 0 Å². The molecule has 0 N–H and O–H groups in total. The van der Waals surface area contributed by atoms with Crippen LogP contribution < -0.4 is 0 Å². The number of rotatable bonds is 6. The van der Waals surface area contributed by atoms with Gasteiger partial charge in [-0.25, -0.2) is 0 Å². The van der Waals surface area contributed by atoms with Crippen LogP contribution in [0.4, 0.5) is 0 Å². The molecule has 2 fully saturated rings. The van der Waals surface area contributed by atoms with Gasteiger partial charge in [0.2, 0.25) is 0 Å². The van der Waals surface area contributed by atoms with E-state index in [2.05, 4.69) is 48.2 Å². The number of benzene rings is 1. The normalized spacial score (nSPS) is 28.3. The third kappa shape index (κ3) is 4.00. The van der Waals surface area contributed by atoms with Gasteiger partial charge >= 0.3 is 0 Å². The predicted octanol–water partition coefficient (Wildman–Crippen LogP) is 4.72. The van der Waals surface area contributed by atoms with E-state index in [-0.39, 0.29) is 5.92 Å². The lowest BCUT2D eigenvalue weighted by Crippen LogP contribution is -2.35. The Morgan fingerprint density at radius 3 is 2.48 bits per heavy atom. The molecule has 0 radical (unpaired) electrons. The molecule has 1 aromatic rings. The van der Waals surface area contributed by atoms with Crippen LogP contribution in [-0.2, 0) is 20.8 Å². The van der Waals surface area contributed by atoms with Crippen LogP contribution in [0.1, 0.15) is 44.6 Å². The zero-order chi connectivity index (χ0) is 20.4. The zero-order valence-corrected chi connectivity index (χ0v) is 17.9. The highest BCUT2D eigenvalue weighted by molar-refractivity contribution is 5.93. The van der Waals surface area contributed by atoms with Crippen molar-refractivity contribution in [1.82, 2.24) is 4.90 Å². The van der Waals surface area contributed by atoms with Crippen molar-refractivity contribution < 1.29 is 14.3 Å². The summed E-state index contributed by atoms with van der Waals surface area (Å²) in [5.41, 5.74) is 2.20. The summed E-state index contributed by atoms with van der Waals surface area (Å²) in [6.07, 6.45) is 6.97. The number of ketones is 1. The van der Waals surface area contributed by atoms with Crippen LogP contribution in [0.15, 0.2) is 53.5 Å². The SMILES string of the molecule is COC1=C(OC)CC2(C)C(=O)C(CC3CCN(Cc4ccccc4)CC3)CC2=C1. The molecule has 3 aliphatic rings. The van der Waals surface area contributed by atoms with Gasteiger partial charge in [-0.2, -0.15) is 0 Å².